The number of ketones is 1. The molecule has 0 heterocycles. The minimum absolute atomic E-state index is 0.173. The number of hydrogen-bond acceptors (Lipinski definition) is 3. The van der Waals surface area contributed by atoms with Crippen LogP contribution in [0.1, 0.15) is 15.9 Å². The number of carbonyl (C=O) groups is 1. The van der Waals surface area contributed by atoms with E-state index in [1.807, 2.05) is 0 Å². The van der Waals surface area contributed by atoms with Gasteiger partial charge in [0.25, 0.3) is 0 Å². The van der Waals surface area contributed by atoms with E-state index in [9.17, 15) is 22.4 Å². The Labute approximate surface area is 123 Å². The molecule has 0 aliphatic carbocycles. The van der Waals surface area contributed by atoms with E-state index in [2.05, 4.69) is 9.47 Å². The molecule has 2 aromatic rings. The molecule has 2 rings (SSSR count). The van der Waals surface area contributed by atoms with E-state index in [1.165, 1.54) is 48.5 Å². The van der Waals surface area contributed by atoms with Crippen LogP contribution < -0.4 is 9.47 Å². The molecule has 0 bridgehead atoms. The van der Waals surface area contributed by atoms with E-state index in [4.69, 9.17) is 0 Å². The van der Waals surface area contributed by atoms with Gasteiger partial charge in [0.2, 0.25) is 0 Å². The highest BCUT2D eigenvalue weighted by atomic mass is 19.3. The third-order valence-electron chi connectivity index (χ3n) is 2.70. The van der Waals surface area contributed by atoms with Gasteiger partial charge in [-0.15, -0.1) is 0 Å². The van der Waals surface area contributed by atoms with E-state index in [0.717, 1.165) is 0 Å². The van der Waals surface area contributed by atoms with Crippen molar-refractivity contribution in [2.45, 2.75) is 13.2 Å². The summed E-state index contributed by atoms with van der Waals surface area (Å²) in [7, 11) is 0. The van der Waals surface area contributed by atoms with Crippen LogP contribution in [-0.4, -0.2) is 19.0 Å². The third kappa shape index (κ3) is 3.75. The second-order valence-corrected chi connectivity index (χ2v) is 4.08. The molecule has 0 saturated heterocycles. The fourth-order valence-corrected chi connectivity index (χ4v) is 1.85. The predicted molar refractivity (Wildman–Crippen MR) is 69.6 cm³/mol. The third-order valence-corrected chi connectivity index (χ3v) is 2.70. The molecule has 3 nitrogen and oxygen atoms in total. The van der Waals surface area contributed by atoms with E-state index in [1.54, 1.807) is 0 Å². The van der Waals surface area contributed by atoms with Crippen molar-refractivity contribution in [2.75, 3.05) is 0 Å². The Morgan fingerprint density at radius 2 is 1.09 bits per heavy atom. The van der Waals surface area contributed by atoms with Crippen LogP contribution in [-0.2, 0) is 0 Å². The Hall–Kier alpha value is -2.57. The summed E-state index contributed by atoms with van der Waals surface area (Å²) in [5.74, 6) is -1.43. The number of rotatable bonds is 6. The molecule has 0 aromatic heterocycles. The Morgan fingerprint density at radius 1 is 0.727 bits per heavy atom. The van der Waals surface area contributed by atoms with Crippen molar-refractivity contribution in [1.82, 2.24) is 0 Å². The SMILES string of the molecule is O=C(c1ccccc1OC(F)F)c1ccccc1OC(F)F. The van der Waals surface area contributed by atoms with Crippen LogP contribution in [0.2, 0.25) is 0 Å². The maximum Gasteiger partial charge on any atom is 0.387 e. The number of benzene rings is 2. The summed E-state index contributed by atoms with van der Waals surface area (Å²) in [5.41, 5.74) is -0.346. The highest BCUT2D eigenvalue weighted by Crippen LogP contribution is 2.28. The Kier molecular flexibility index (Phi) is 4.98. The Morgan fingerprint density at radius 3 is 1.45 bits per heavy atom. The lowest BCUT2D eigenvalue weighted by Crippen LogP contribution is -2.11. The largest absolute Gasteiger partial charge is 0.434 e. The van der Waals surface area contributed by atoms with Gasteiger partial charge in [0.15, 0.2) is 5.78 Å². The first kappa shape index (κ1) is 15.8. The summed E-state index contributed by atoms with van der Waals surface area (Å²) in [6.07, 6.45) is 0. The quantitative estimate of drug-likeness (QED) is 0.594. The zero-order valence-corrected chi connectivity index (χ0v) is 11.0. The van der Waals surface area contributed by atoms with Gasteiger partial charge in [-0.25, -0.2) is 0 Å². The number of para-hydroxylation sites is 2. The van der Waals surface area contributed by atoms with Crippen LogP contribution in [0, 0.1) is 0 Å². The molecule has 0 radical (unpaired) electrons. The van der Waals surface area contributed by atoms with Crippen molar-refractivity contribution >= 4 is 5.78 Å². The van der Waals surface area contributed by atoms with Crippen LogP contribution >= 0.6 is 0 Å². The predicted octanol–water partition coefficient (Wildman–Crippen LogP) is 4.12. The highest BCUT2D eigenvalue weighted by molar-refractivity contribution is 6.12. The van der Waals surface area contributed by atoms with Gasteiger partial charge in [-0.3, -0.25) is 4.79 Å². The molecule has 7 heteroatoms. The molecule has 0 spiro atoms. The normalized spacial score (nSPS) is 10.8. The van der Waals surface area contributed by atoms with Gasteiger partial charge in [0.1, 0.15) is 11.5 Å². The van der Waals surface area contributed by atoms with Crippen molar-refractivity contribution in [3.8, 4) is 11.5 Å². The van der Waals surface area contributed by atoms with Crippen LogP contribution in [0.3, 0.4) is 0 Å². The van der Waals surface area contributed by atoms with Gasteiger partial charge >= 0.3 is 13.2 Å². The van der Waals surface area contributed by atoms with Gasteiger partial charge in [0.05, 0.1) is 11.1 Å². The van der Waals surface area contributed by atoms with Crippen molar-refractivity contribution in [1.29, 1.82) is 0 Å². The summed E-state index contributed by atoms with van der Waals surface area (Å²) in [6, 6.07) is 10.6. The molecule has 0 N–H and O–H groups in total. The van der Waals surface area contributed by atoms with Gasteiger partial charge in [-0.1, -0.05) is 24.3 Å². The lowest BCUT2D eigenvalue weighted by atomic mass is 10.0. The number of alkyl halides is 4. The summed E-state index contributed by atoms with van der Waals surface area (Å²) in [5, 5.41) is 0. The van der Waals surface area contributed by atoms with Gasteiger partial charge in [-0.2, -0.15) is 17.6 Å². The first-order valence-corrected chi connectivity index (χ1v) is 6.11. The number of hydrogen-bond donors (Lipinski definition) is 0. The number of halogens is 4. The Bertz CT molecular complexity index is 603. The molecule has 0 saturated carbocycles. The minimum Gasteiger partial charge on any atom is -0.434 e. The van der Waals surface area contributed by atoms with Crippen molar-refractivity contribution in [3.63, 3.8) is 0 Å². The Balaban J connectivity index is 2.41. The van der Waals surface area contributed by atoms with Gasteiger partial charge in [0, 0.05) is 0 Å². The molecule has 2 aromatic carbocycles. The highest BCUT2D eigenvalue weighted by Gasteiger charge is 2.21. The number of carbonyl (C=O) groups excluding carboxylic acids is 1. The molecule has 0 unspecified atom stereocenters. The topological polar surface area (TPSA) is 35.5 Å². The fraction of sp³-hybridized carbons (Fsp3) is 0.133. The van der Waals surface area contributed by atoms with E-state index < -0.39 is 19.0 Å². The van der Waals surface area contributed by atoms with Crippen LogP contribution in [0.4, 0.5) is 17.6 Å². The molecule has 0 aliphatic heterocycles. The maximum atomic E-state index is 12.4. The molecular weight excluding hydrogens is 304 g/mol. The monoisotopic (exact) mass is 314 g/mol. The van der Waals surface area contributed by atoms with Crippen molar-refractivity contribution in [2.24, 2.45) is 0 Å². The van der Waals surface area contributed by atoms with Crippen LogP contribution in [0.5, 0.6) is 11.5 Å². The fourth-order valence-electron chi connectivity index (χ4n) is 1.85. The number of ether oxygens (including phenoxy) is 2. The van der Waals surface area contributed by atoms with Crippen molar-refractivity contribution < 1.29 is 31.8 Å². The molecule has 0 aliphatic rings. The maximum absolute atomic E-state index is 12.4. The standard InChI is InChI=1S/C15H10F4O3/c16-14(17)21-11-7-3-1-5-9(11)13(20)10-6-2-4-8-12(10)22-15(18)19/h1-8,14-15H. The van der Waals surface area contributed by atoms with Gasteiger partial charge < -0.3 is 9.47 Å². The first-order valence-electron chi connectivity index (χ1n) is 6.11. The average molecular weight is 314 g/mol. The molecule has 116 valence electrons. The van der Waals surface area contributed by atoms with E-state index in [0.29, 0.717) is 0 Å². The lowest BCUT2D eigenvalue weighted by molar-refractivity contribution is -0.0502. The zero-order chi connectivity index (χ0) is 16.1. The minimum atomic E-state index is -3.11. The van der Waals surface area contributed by atoms with Gasteiger partial charge in [-0.05, 0) is 24.3 Å². The molecule has 22 heavy (non-hydrogen) atoms. The molecule has 0 atom stereocenters. The summed E-state index contributed by atoms with van der Waals surface area (Å²) in [4.78, 5) is 12.4. The molecule has 0 amide bonds. The molecule has 0 fully saturated rings. The first-order chi connectivity index (χ1) is 10.5. The second kappa shape index (κ2) is 6.93. The molecular formula is C15H10F4O3. The second-order valence-electron chi connectivity index (χ2n) is 4.08. The summed E-state index contributed by atoms with van der Waals surface area (Å²) in [6.45, 7) is -6.22. The van der Waals surface area contributed by atoms with E-state index >= 15 is 0 Å². The van der Waals surface area contributed by atoms with E-state index in [-0.39, 0.29) is 22.6 Å². The average Bonchev–Trinajstić information content (AvgIpc) is 2.46. The summed E-state index contributed by atoms with van der Waals surface area (Å²) >= 11 is 0. The van der Waals surface area contributed by atoms with Crippen LogP contribution in [0.25, 0.3) is 0 Å². The lowest BCUT2D eigenvalue weighted by Gasteiger charge is -2.12. The van der Waals surface area contributed by atoms with Crippen LogP contribution in [0.15, 0.2) is 48.5 Å². The van der Waals surface area contributed by atoms with Crippen molar-refractivity contribution in [3.05, 3.63) is 59.7 Å². The summed E-state index contributed by atoms with van der Waals surface area (Å²) < 4.78 is 58.0. The smallest absolute Gasteiger partial charge is 0.387 e. The zero-order valence-electron chi connectivity index (χ0n) is 11.0.